The van der Waals surface area contributed by atoms with Crippen LogP contribution in [0.5, 0.6) is 0 Å². The Morgan fingerprint density at radius 2 is 2.21 bits per heavy atom. The molecular weight excluding hydrogens is 350 g/mol. The van der Waals surface area contributed by atoms with Crippen LogP contribution in [0.1, 0.15) is 10.5 Å². The number of aromatic nitrogens is 3. The van der Waals surface area contributed by atoms with Crippen LogP contribution in [-0.4, -0.2) is 39.3 Å². The molecule has 0 atom stereocenters. The molecule has 2 N–H and O–H groups in total. The van der Waals surface area contributed by atoms with Gasteiger partial charge in [-0.3, -0.25) is 14.3 Å². The van der Waals surface area contributed by atoms with E-state index in [-0.39, 0.29) is 18.4 Å². The van der Waals surface area contributed by atoms with Gasteiger partial charge in [-0.05, 0) is 17.5 Å². The Bertz CT molecular complexity index is 882. The second-order valence-corrected chi connectivity index (χ2v) is 6.60. The monoisotopic (exact) mass is 365 g/mol. The number of nitrogens with one attached hydrogen (secondary N) is 2. The third kappa shape index (κ3) is 3.60. The van der Waals surface area contributed by atoms with Crippen LogP contribution in [0.4, 0.5) is 0 Å². The molecule has 3 aromatic heterocycles. The van der Waals surface area contributed by atoms with E-state index >= 15 is 0 Å². The Morgan fingerprint density at radius 1 is 1.38 bits per heavy atom. The number of carbonyl (C=O) groups is 2. The van der Waals surface area contributed by atoms with Crippen molar-refractivity contribution in [3.8, 4) is 0 Å². The topological polar surface area (TPSA) is 81.0 Å². The van der Waals surface area contributed by atoms with E-state index in [9.17, 15) is 9.59 Å². The lowest BCUT2D eigenvalue weighted by atomic mass is 10.4. The van der Waals surface area contributed by atoms with E-state index in [1.54, 1.807) is 22.2 Å². The van der Waals surface area contributed by atoms with Crippen molar-refractivity contribution in [2.45, 2.75) is 6.54 Å². The van der Waals surface area contributed by atoms with Crippen molar-refractivity contribution in [1.82, 2.24) is 25.0 Å². The number of fused-ring (bicyclic) bond motifs is 1. The highest BCUT2D eigenvalue weighted by molar-refractivity contribution is 7.17. The molecule has 0 aliphatic heterocycles. The number of nitrogens with zero attached hydrogens (tertiary/aromatic N) is 3. The summed E-state index contributed by atoms with van der Waals surface area (Å²) in [6.45, 7) is 0.852. The van der Waals surface area contributed by atoms with E-state index in [0.717, 1.165) is 10.2 Å². The molecule has 0 bridgehead atoms. The molecule has 2 amide bonds. The first-order chi connectivity index (χ1) is 11.5. The molecule has 3 aromatic rings. The molecule has 7 nitrogen and oxygen atoms in total. The second-order valence-electron chi connectivity index (χ2n) is 5.21. The van der Waals surface area contributed by atoms with E-state index < -0.39 is 0 Å². The molecule has 3 rings (SSSR count). The van der Waals surface area contributed by atoms with Gasteiger partial charge in [0.1, 0.15) is 5.69 Å². The number of aryl methyl sites for hydroxylation is 1. The molecule has 0 saturated carbocycles. The van der Waals surface area contributed by atoms with E-state index in [1.807, 2.05) is 29.1 Å². The van der Waals surface area contributed by atoms with Crippen LogP contribution in [0.25, 0.3) is 10.2 Å². The molecule has 9 heteroatoms. The number of halogens is 1. The number of thiophene rings is 1. The number of hydrogen-bond acceptors (Lipinski definition) is 4. The molecule has 0 unspecified atom stereocenters. The highest BCUT2D eigenvalue weighted by Gasteiger charge is 2.14. The third-order valence-corrected chi connectivity index (χ3v) is 4.62. The van der Waals surface area contributed by atoms with Gasteiger partial charge in [0.25, 0.3) is 5.91 Å². The lowest BCUT2D eigenvalue weighted by Crippen LogP contribution is -2.38. The van der Waals surface area contributed by atoms with Crippen molar-refractivity contribution in [2.24, 2.45) is 7.05 Å². The SMILES string of the molecule is Cn1c(C(=O)NCC(=O)NCCn2cc(Cl)cn2)cc2sccc21. The summed E-state index contributed by atoms with van der Waals surface area (Å²) in [6, 6.07) is 3.79. The normalized spacial score (nSPS) is 10.9. The summed E-state index contributed by atoms with van der Waals surface area (Å²) in [5.74, 6) is -0.521. The first-order valence-electron chi connectivity index (χ1n) is 7.30. The van der Waals surface area contributed by atoms with Crippen molar-refractivity contribution in [1.29, 1.82) is 0 Å². The first-order valence-corrected chi connectivity index (χ1v) is 8.56. The summed E-state index contributed by atoms with van der Waals surface area (Å²) in [7, 11) is 1.83. The summed E-state index contributed by atoms with van der Waals surface area (Å²) in [5.41, 5.74) is 1.54. The zero-order chi connectivity index (χ0) is 17.1. The molecule has 0 aliphatic carbocycles. The van der Waals surface area contributed by atoms with Crippen molar-refractivity contribution in [3.05, 3.63) is 40.6 Å². The minimum absolute atomic E-state index is 0.0719. The molecule has 0 saturated heterocycles. The molecule has 24 heavy (non-hydrogen) atoms. The predicted octanol–water partition coefficient (Wildman–Crippen LogP) is 1.64. The van der Waals surface area contributed by atoms with Gasteiger partial charge in [-0.2, -0.15) is 5.10 Å². The fourth-order valence-corrected chi connectivity index (χ4v) is 3.36. The molecule has 0 aromatic carbocycles. The lowest BCUT2D eigenvalue weighted by molar-refractivity contribution is -0.120. The van der Waals surface area contributed by atoms with Gasteiger partial charge in [0, 0.05) is 19.8 Å². The van der Waals surface area contributed by atoms with Crippen molar-refractivity contribution < 1.29 is 9.59 Å². The van der Waals surface area contributed by atoms with Gasteiger partial charge in [0.15, 0.2) is 0 Å². The summed E-state index contributed by atoms with van der Waals surface area (Å²) in [4.78, 5) is 24.0. The summed E-state index contributed by atoms with van der Waals surface area (Å²) in [6.07, 6.45) is 3.21. The van der Waals surface area contributed by atoms with E-state index in [4.69, 9.17) is 11.6 Å². The number of hydrogen-bond donors (Lipinski definition) is 2. The number of amides is 2. The van der Waals surface area contributed by atoms with E-state index in [0.29, 0.717) is 23.8 Å². The van der Waals surface area contributed by atoms with Crippen LogP contribution < -0.4 is 10.6 Å². The zero-order valence-corrected chi connectivity index (χ0v) is 14.5. The Hall–Kier alpha value is -2.32. The van der Waals surface area contributed by atoms with Crippen LogP contribution >= 0.6 is 22.9 Å². The van der Waals surface area contributed by atoms with Gasteiger partial charge in [0.05, 0.1) is 34.5 Å². The van der Waals surface area contributed by atoms with Crippen LogP contribution in [0.3, 0.4) is 0 Å². The van der Waals surface area contributed by atoms with Crippen molar-refractivity contribution in [3.63, 3.8) is 0 Å². The molecule has 0 spiro atoms. The summed E-state index contributed by atoms with van der Waals surface area (Å²) >= 11 is 7.34. The molecule has 3 heterocycles. The van der Waals surface area contributed by atoms with Gasteiger partial charge in [0.2, 0.25) is 5.91 Å². The van der Waals surface area contributed by atoms with Crippen LogP contribution in [-0.2, 0) is 18.4 Å². The molecule has 126 valence electrons. The van der Waals surface area contributed by atoms with Crippen LogP contribution in [0.2, 0.25) is 5.02 Å². The minimum Gasteiger partial charge on any atom is -0.353 e. The third-order valence-electron chi connectivity index (χ3n) is 3.57. The first kappa shape index (κ1) is 16.5. The Balaban J connectivity index is 1.46. The molecule has 0 fully saturated rings. The Morgan fingerprint density at radius 3 is 2.92 bits per heavy atom. The summed E-state index contributed by atoms with van der Waals surface area (Å²) < 4.78 is 4.50. The average molecular weight is 366 g/mol. The second kappa shape index (κ2) is 7.06. The van der Waals surface area contributed by atoms with Gasteiger partial charge in [-0.1, -0.05) is 11.6 Å². The van der Waals surface area contributed by atoms with Crippen molar-refractivity contribution in [2.75, 3.05) is 13.1 Å². The lowest BCUT2D eigenvalue weighted by Gasteiger charge is -2.08. The quantitative estimate of drug-likeness (QED) is 0.696. The van der Waals surface area contributed by atoms with Gasteiger partial charge < -0.3 is 15.2 Å². The highest BCUT2D eigenvalue weighted by Crippen LogP contribution is 2.23. The number of carbonyl (C=O) groups excluding carboxylic acids is 2. The van der Waals surface area contributed by atoms with E-state index in [2.05, 4.69) is 15.7 Å². The van der Waals surface area contributed by atoms with E-state index in [1.165, 1.54) is 6.20 Å². The maximum Gasteiger partial charge on any atom is 0.268 e. The molecule has 0 radical (unpaired) electrons. The maximum absolute atomic E-state index is 12.2. The van der Waals surface area contributed by atoms with Crippen molar-refractivity contribution >= 4 is 45.0 Å². The minimum atomic E-state index is -0.269. The Labute approximate surface area is 147 Å². The van der Waals surface area contributed by atoms with Gasteiger partial charge >= 0.3 is 0 Å². The Kier molecular flexibility index (Phi) is 4.86. The standard InChI is InChI=1S/C15H16ClN5O2S/c1-20-11-2-5-24-13(11)6-12(20)15(23)18-8-14(22)17-3-4-21-9-10(16)7-19-21/h2,5-7,9H,3-4,8H2,1H3,(H,17,22)(H,18,23). The fraction of sp³-hybridized carbons (Fsp3) is 0.267. The number of rotatable bonds is 6. The van der Waals surface area contributed by atoms with Crippen LogP contribution in [0.15, 0.2) is 29.9 Å². The fourth-order valence-electron chi connectivity index (χ4n) is 2.35. The maximum atomic E-state index is 12.2. The smallest absolute Gasteiger partial charge is 0.268 e. The van der Waals surface area contributed by atoms with Gasteiger partial charge in [-0.25, -0.2) is 0 Å². The van der Waals surface area contributed by atoms with Crippen LogP contribution in [0, 0.1) is 0 Å². The molecule has 0 aliphatic rings. The largest absolute Gasteiger partial charge is 0.353 e. The van der Waals surface area contributed by atoms with Gasteiger partial charge in [-0.15, -0.1) is 11.3 Å². The predicted molar refractivity (Wildman–Crippen MR) is 93.4 cm³/mol. The highest BCUT2D eigenvalue weighted by atomic mass is 35.5. The average Bonchev–Trinajstić information content (AvgIpc) is 3.24. The summed E-state index contributed by atoms with van der Waals surface area (Å²) in [5, 5.41) is 11.9. The molecular formula is C15H16ClN5O2S. The zero-order valence-electron chi connectivity index (χ0n) is 13.0.